The summed E-state index contributed by atoms with van der Waals surface area (Å²) in [6.07, 6.45) is 0. The largest absolute Gasteiger partial charge is 0.379 e. The van der Waals surface area contributed by atoms with Gasteiger partial charge < -0.3 is 15.4 Å². The van der Waals surface area contributed by atoms with E-state index in [1.807, 2.05) is 0 Å². The monoisotopic (exact) mass is 464 g/mol. The zero-order valence-corrected chi connectivity index (χ0v) is 18.1. The molecule has 0 atom stereocenters. The predicted octanol–water partition coefficient (Wildman–Crippen LogP) is 2.14. The maximum absolute atomic E-state index is 12.9. The van der Waals surface area contributed by atoms with Gasteiger partial charge in [0, 0.05) is 43.1 Å². The van der Waals surface area contributed by atoms with Gasteiger partial charge in [0.1, 0.15) is 4.90 Å². The number of hydrogen-bond donors (Lipinski definition) is 2. The summed E-state index contributed by atoms with van der Waals surface area (Å²) in [5, 5.41) is 5.52. The molecule has 2 N–H and O–H groups in total. The van der Waals surface area contributed by atoms with Crippen molar-refractivity contribution < 1.29 is 22.7 Å². The average molecular weight is 465 g/mol. The summed E-state index contributed by atoms with van der Waals surface area (Å²) in [4.78, 5) is 26.0. The molecule has 0 radical (unpaired) electrons. The van der Waals surface area contributed by atoms with Crippen LogP contribution in [0.25, 0.3) is 0 Å². The minimum Gasteiger partial charge on any atom is -0.379 e. The molecule has 4 rings (SSSR count). The summed E-state index contributed by atoms with van der Waals surface area (Å²) in [7, 11) is -3.84. The smallest absolute Gasteiger partial charge is 0.321 e. The van der Waals surface area contributed by atoms with Crippen LogP contribution in [0, 0.1) is 0 Å². The van der Waals surface area contributed by atoms with Crippen LogP contribution < -0.4 is 15.5 Å². The lowest BCUT2D eigenvalue weighted by Crippen LogP contribution is -2.40. The standard InChI is InChI=1S/C20H21ClN4O5S/c21-17-6-1-14(13-18(17)31(28,29)24-9-11-30-12-10-24)19(26)23-15-2-4-16(5-3-15)25-8-7-22-20(25)27/h1-6,13H,7-12H2,(H,22,27)(H,23,26). The molecule has 9 nitrogen and oxygen atoms in total. The lowest BCUT2D eigenvalue weighted by Gasteiger charge is -2.26. The summed E-state index contributed by atoms with van der Waals surface area (Å²) >= 11 is 6.15. The zero-order chi connectivity index (χ0) is 22.0. The Bertz CT molecular complexity index is 1100. The van der Waals surface area contributed by atoms with E-state index in [-0.39, 0.29) is 34.6 Å². The molecule has 2 aromatic rings. The van der Waals surface area contributed by atoms with Gasteiger partial charge in [0.05, 0.1) is 18.2 Å². The van der Waals surface area contributed by atoms with Gasteiger partial charge in [0.25, 0.3) is 5.91 Å². The third kappa shape index (κ3) is 4.52. The lowest BCUT2D eigenvalue weighted by atomic mass is 10.2. The molecule has 0 saturated carbocycles. The van der Waals surface area contributed by atoms with Crippen molar-refractivity contribution >= 4 is 44.9 Å². The molecule has 3 amide bonds. The molecule has 0 bridgehead atoms. The summed E-state index contributed by atoms with van der Waals surface area (Å²) in [6, 6.07) is 10.8. The highest BCUT2D eigenvalue weighted by Crippen LogP contribution is 2.27. The SMILES string of the molecule is O=C(Nc1ccc(N2CCNC2=O)cc1)c1ccc(Cl)c(S(=O)(=O)N2CCOCC2)c1. The van der Waals surface area contributed by atoms with E-state index in [4.69, 9.17) is 16.3 Å². The number of anilines is 2. The maximum Gasteiger partial charge on any atom is 0.321 e. The van der Waals surface area contributed by atoms with Gasteiger partial charge in [-0.2, -0.15) is 4.31 Å². The van der Waals surface area contributed by atoms with Gasteiger partial charge >= 0.3 is 6.03 Å². The van der Waals surface area contributed by atoms with Crippen molar-refractivity contribution in [1.29, 1.82) is 0 Å². The molecule has 0 aliphatic carbocycles. The van der Waals surface area contributed by atoms with Gasteiger partial charge in [-0.1, -0.05) is 11.6 Å². The summed E-state index contributed by atoms with van der Waals surface area (Å²) in [5.74, 6) is -0.471. The van der Waals surface area contributed by atoms with Crippen LogP contribution in [0.1, 0.15) is 10.4 Å². The second-order valence-electron chi connectivity index (χ2n) is 7.05. The quantitative estimate of drug-likeness (QED) is 0.704. The van der Waals surface area contributed by atoms with E-state index < -0.39 is 15.9 Å². The van der Waals surface area contributed by atoms with Gasteiger partial charge in [0.15, 0.2) is 0 Å². The fraction of sp³-hybridized carbons (Fsp3) is 0.300. The normalized spacial score (nSPS) is 17.5. The molecule has 2 fully saturated rings. The van der Waals surface area contributed by atoms with Crippen LogP contribution in [-0.2, 0) is 14.8 Å². The Morgan fingerprint density at radius 2 is 1.77 bits per heavy atom. The minimum atomic E-state index is -3.84. The number of hydrogen-bond acceptors (Lipinski definition) is 5. The Balaban J connectivity index is 1.51. The van der Waals surface area contributed by atoms with E-state index in [0.717, 1.165) is 5.69 Å². The maximum atomic E-state index is 12.9. The Kier molecular flexibility index (Phi) is 6.15. The Labute approximate surface area is 185 Å². The van der Waals surface area contributed by atoms with Crippen molar-refractivity contribution in [2.45, 2.75) is 4.90 Å². The van der Waals surface area contributed by atoms with Crippen molar-refractivity contribution in [3.63, 3.8) is 0 Å². The number of benzene rings is 2. The highest BCUT2D eigenvalue weighted by molar-refractivity contribution is 7.89. The number of morpholine rings is 1. The summed E-state index contributed by atoms with van der Waals surface area (Å²) < 4.78 is 32.4. The van der Waals surface area contributed by atoms with Crippen LogP contribution in [0.2, 0.25) is 5.02 Å². The number of nitrogens with one attached hydrogen (secondary N) is 2. The molecule has 0 spiro atoms. The van der Waals surface area contributed by atoms with Crippen LogP contribution in [0.3, 0.4) is 0 Å². The van der Waals surface area contributed by atoms with E-state index in [2.05, 4.69) is 10.6 Å². The molecular formula is C20H21ClN4O5S. The molecule has 11 heteroatoms. The average Bonchev–Trinajstić information content (AvgIpc) is 3.21. The minimum absolute atomic E-state index is 0.0521. The number of halogens is 1. The van der Waals surface area contributed by atoms with Crippen molar-refractivity contribution in [2.75, 3.05) is 49.6 Å². The molecule has 0 aromatic heterocycles. The predicted molar refractivity (Wildman–Crippen MR) is 116 cm³/mol. The van der Waals surface area contributed by atoms with E-state index in [0.29, 0.717) is 32.0 Å². The number of rotatable bonds is 5. The van der Waals surface area contributed by atoms with E-state index in [1.54, 1.807) is 29.2 Å². The number of carbonyl (C=O) groups excluding carboxylic acids is 2. The molecular weight excluding hydrogens is 444 g/mol. The third-order valence-electron chi connectivity index (χ3n) is 5.07. The fourth-order valence-electron chi connectivity index (χ4n) is 3.41. The van der Waals surface area contributed by atoms with E-state index in [9.17, 15) is 18.0 Å². The van der Waals surface area contributed by atoms with E-state index in [1.165, 1.54) is 22.5 Å². The van der Waals surface area contributed by atoms with Crippen molar-refractivity contribution in [3.05, 3.63) is 53.1 Å². The van der Waals surface area contributed by atoms with Gasteiger partial charge in [-0.15, -0.1) is 0 Å². The summed E-state index contributed by atoms with van der Waals surface area (Å²) in [5.41, 5.74) is 1.40. The molecule has 164 valence electrons. The van der Waals surface area contributed by atoms with Gasteiger partial charge in [0.2, 0.25) is 10.0 Å². The fourth-order valence-corrected chi connectivity index (χ4v) is 5.32. The second kappa shape index (κ2) is 8.83. The number of sulfonamides is 1. The molecule has 31 heavy (non-hydrogen) atoms. The summed E-state index contributed by atoms with van der Waals surface area (Å²) in [6.45, 7) is 2.25. The number of urea groups is 1. The number of carbonyl (C=O) groups is 2. The first-order chi connectivity index (χ1) is 14.9. The first-order valence-electron chi connectivity index (χ1n) is 9.70. The number of ether oxygens (including phenoxy) is 1. The molecule has 2 aliphatic heterocycles. The van der Waals surface area contributed by atoms with Crippen molar-refractivity contribution in [3.8, 4) is 0 Å². The topological polar surface area (TPSA) is 108 Å². The molecule has 2 heterocycles. The first-order valence-corrected chi connectivity index (χ1v) is 11.5. The van der Waals surface area contributed by atoms with Crippen LogP contribution in [-0.4, -0.2) is 64.1 Å². The van der Waals surface area contributed by atoms with Crippen molar-refractivity contribution in [2.24, 2.45) is 0 Å². The van der Waals surface area contributed by atoms with Crippen LogP contribution in [0.4, 0.5) is 16.2 Å². The van der Waals surface area contributed by atoms with Crippen LogP contribution >= 0.6 is 11.6 Å². The van der Waals surface area contributed by atoms with Gasteiger partial charge in [-0.3, -0.25) is 9.69 Å². The number of amides is 3. The molecule has 2 aromatic carbocycles. The molecule has 2 saturated heterocycles. The van der Waals surface area contributed by atoms with Crippen LogP contribution in [0.5, 0.6) is 0 Å². The number of nitrogens with zero attached hydrogens (tertiary/aromatic N) is 2. The van der Waals surface area contributed by atoms with E-state index >= 15 is 0 Å². The molecule has 0 unspecified atom stereocenters. The lowest BCUT2D eigenvalue weighted by molar-refractivity contribution is 0.0730. The Morgan fingerprint density at radius 3 is 2.42 bits per heavy atom. The zero-order valence-electron chi connectivity index (χ0n) is 16.5. The third-order valence-corrected chi connectivity index (χ3v) is 7.46. The first kappa shape index (κ1) is 21.6. The van der Waals surface area contributed by atoms with Gasteiger partial charge in [-0.05, 0) is 42.5 Å². The highest BCUT2D eigenvalue weighted by Gasteiger charge is 2.29. The van der Waals surface area contributed by atoms with Crippen molar-refractivity contribution in [1.82, 2.24) is 9.62 Å². The Morgan fingerprint density at radius 1 is 1.06 bits per heavy atom. The van der Waals surface area contributed by atoms with Gasteiger partial charge in [-0.25, -0.2) is 13.2 Å². The highest BCUT2D eigenvalue weighted by atomic mass is 35.5. The van der Waals surface area contributed by atoms with Crippen LogP contribution in [0.15, 0.2) is 47.4 Å². The second-order valence-corrected chi connectivity index (χ2v) is 9.36. The Hall–Kier alpha value is -2.66. The molecule has 2 aliphatic rings.